The van der Waals surface area contributed by atoms with Gasteiger partial charge in [0.25, 0.3) is 0 Å². The van der Waals surface area contributed by atoms with Crippen molar-refractivity contribution in [3.63, 3.8) is 0 Å². The fraction of sp³-hybridized carbons (Fsp3) is 0.333. The van der Waals surface area contributed by atoms with E-state index in [1.165, 1.54) is 29.3 Å². The molecule has 2 rings (SSSR count). The molecule has 1 amide bonds. The van der Waals surface area contributed by atoms with Crippen LogP contribution in [0.3, 0.4) is 0 Å². The maximum Gasteiger partial charge on any atom is 0.235 e. The molecule has 0 unspecified atom stereocenters. The fourth-order valence-corrected chi connectivity index (χ4v) is 4.12. The number of amides is 1. The number of hydrogen-bond acceptors (Lipinski definition) is 7. The molecule has 1 N–H and O–H groups in total. The highest BCUT2D eigenvalue weighted by Gasteiger charge is 2.09. The van der Waals surface area contributed by atoms with Crippen molar-refractivity contribution in [2.75, 3.05) is 16.8 Å². The normalized spacial score (nSPS) is 10.6. The van der Waals surface area contributed by atoms with Crippen molar-refractivity contribution >= 4 is 58.2 Å². The van der Waals surface area contributed by atoms with Crippen LogP contribution in [0.2, 0.25) is 5.02 Å². The van der Waals surface area contributed by atoms with Gasteiger partial charge in [-0.25, -0.2) is 4.98 Å². The predicted octanol–water partition coefficient (Wildman–Crippen LogP) is 3.82. The summed E-state index contributed by atoms with van der Waals surface area (Å²) in [5.41, 5.74) is 0. The van der Waals surface area contributed by atoms with Gasteiger partial charge in [-0.1, -0.05) is 53.4 Å². The largest absolute Gasteiger partial charge is 0.310 e. The smallest absolute Gasteiger partial charge is 0.235 e. The second-order valence-corrected chi connectivity index (χ2v) is 7.86. The number of halogens is 1. The molecule has 2 aromatic rings. The zero-order chi connectivity index (χ0) is 15.1. The molecule has 2 heterocycles. The van der Waals surface area contributed by atoms with Crippen molar-refractivity contribution in [3.05, 3.63) is 23.4 Å². The minimum absolute atomic E-state index is 0.132. The first-order chi connectivity index (χ1) is 10.2. The van der Waals surface area contributed by atoms with Crippen LogP contribution in [0.4, 0.5) is 5.82 Å². The second-order valence-electron chi connectivity index (χ2n) is 3.88. The first kappa shape index (κ1) is 16.5. The zero-order valence-corrected chi connectivity index (χ0v) is 14.4. The van der Waals surface area contributed by atoms with Gasteiger partial charge in [-0.3, -0.25) is 4.79 Å². The third-order valence-corrected chi connectivity index (χ3v) is 5.76. The van der Waals surface area contributed by atoms with Crippen molar-refractivity contribution in [1.82, 2.24) is 15.2 Å². The predicted molar refractivity (Wildman–Crippen MR) is 89.5 cm³/mol. The van der Waals surface area contributed by atoms with E-state index in [1.807, 2.05) is 0 Å². The molecule has 0 atom stereocenters. The van der Waals surface area contributed by atoms with Gasteiger partial charge >= 0.3 is 0 Å². The monoisotopic (exact) mass is 360 g/mol. The molecule has 9 heteroatoms. The summed E-state index contributed by atoms with van der Waals surface area (Å²) in [5, 5.41) is 11.4. The first-order valence-corrected chi connectivity index (χ1v) is 9.34. The number of nitrogens with one attached hydrogen (secondary N) is 1. The number of nitrogens with zero attached hydrogens (tertiary/aromatic N) is 3. The Labute approximate surface area is 140 Å². The maximum atomic E-state index is 11.8. The SMILES string of the molecule is CCCSc1nnc(SCC(=O)Nc2ccc(Cl)cn2)s1. The van der Waals surface area contributed by atoms with Gasteiger partial charge in [0.05, 0.1) is 10.8 Å². The van der Waals surface area contributed by atoms with Gasteiger partial charge in [0.1, 0.15) is 5.82 Å². The lowest BCUT2D eigenvalue weighted by atomic mass is 10.4. The standard InChI is InChI=1S/C12H13ClN4OS3/c1-2-5-19-11-16-17-12(21-11)20-7-10(18)15-9-4-3-8(13)6-14-9/h3-4,6H,2,5,7H2,1H3,(H,14,15,18). The average Bonchev–Trinajstić information content (AvgIpc) is 2.93. The quantitative estimate of drug-likeness (QED) is 0.757. The Kier molecular flexibility index (Phi) is 6.75. The molecule has 2 aromatic heterocycles. The van der Waals surface area contributed by atoms with Crippen molar-refractivity contribution < 1.29 is 4.79 Å². The number of rotatable bonds is 7. The third kappa shape index (κ3) is 5.82. The van der Waals surface area contributed by atoms with Gasteiger partial charge in [-0.2, -0.15) is 0 Å². The first-order valence-electron chi connectivity index (χ1n) is 6.18. The number of carbonyl (C=O) groups excluding carboxylic acids is 1. The summed E-state index contributed by atoms with van der Waals surface area (Å²) >= 11 is 10.3. The minimum atomic E-state index is -0.132. The van der Waals surface area contributed by atoms with Crippen molar-refractivity contribution in [1.29, 1.82) is 0 Å². The van der Waals surface area contributed by atoms with Crippen molar-refractivity contribution in [2.24, 2.45) is 0 Å². The summed E-state index contributed by atoms with van der Waals surface area (Å²) in [6.07, 6.45) is 2.59. The molecule has 21 heavy (non-hydrogen) atoms. The molecular formula is C12H13ClN4OS3. The lowest BCUT2D eigenvalue weighted by Gasteiger charge is -2.02. The van der Waals surface area contributed by atoms with E-state index in [0.717, 1.165) is 20.9 Å². The summed E-state index contributed by atoms with van der Waals surface area (Å²) in [7, 11) is 0. The topological polar surface area (TPSA) is 67.8 Å². The van der Waals surface area contributed by atoms with Gasteiger partial charge in [0, 0.05) is 11.9 Å². The number of carbonyl (C=O) groups is 1. The van der Waals surface area contributed by atoms with Crippen LogP contribution in [0.5, 0.6) is 0 Å². The van der Waals surface area contributed by atoms with Crippen LogP contribution in [-0.2, 0) is 4.79 Å². The van der Waals surface area contributed by atoms with E-state index in [-0.39, 0.29) is 11.7 Å². The zero-order valence-electron chi connectivity index (χ0n) is 11.2. The van der Waals surface area contributed by atoms with E-state index in [2.05, 4.69) is 27.4 Å². The molecule has 0 saturated carbocycles. The molecule has 0 spiro atoms. The lowest BCUT2D eigenvalue weighted by Crippen LogP contribution is -2.14. The molecule has 0 saturated heterocycles. The average molecular weight is 361 g/mol. The van der Waals surface area contributed by atoms with Crippen molar-refractivity contribution in [2.45, 2.75) is 22.0 Å². The van der Waals surface area contributed by atoms with Crippen LogP contribution in [0.25, 0.3) is 0 Å². The van der Waals surface area contributed by atoms with Crippen LogP contribution in [0, 0.1) is 0 Å². The van der Waals surface area contributed by atoms with Gasteiger partial charge in [0.15, 0.2) is 8.68 Å². The van der Waals surface area contributed by atoms with E-state index in [9.17, 15) is 4.79 Å². The molecule has 0 aliphatic heterocycles. The van der Waals surface area contributed by atoms with Crippen LogP contribution >= 0.6 is 46.5 Å². The molecule has 0 aliphatic carbocycles. The Balaban J connectivity index is 1.78. The third-order valence-electron chi connectivity index (χ3n) is 2.14. The molecule has 5 nitrogen and oxygen atoms in total. The molecule has 0 fully saturated rings. The Morgan fingerprint density at radius 2 is 2.10 bits per heavy atom. The lowest BCUT2D eigenvalue weighted by molar-refractivity contribution is -0.113. The summed E-state index contributed by atoms with van der Waals surface area (Å²) < 4.78 is 1.74. The second kappa shape index (κ2) is 8.57. The number of pyridine rings is 1. The van der Waals surface area contributed by atoms with E-state index >= 15 is 0 Å². The molecule has 112 valence electrons. The highest BCUT2D eigenvalue weighted by Crippen LogP contribution is 2.28. The van der Waals surface area contributed by atoms with Crippen LogP contribution in [-0.4, -0.2) is 32.6 Å². The number of thioether (sulfide) groups is 2. The fourth-order valence-electron chi connectivity index (χ4n) is 1.26. The summed E-state index contributed by atoms with van der Waals surface area (Å²) in [6, 6.07) is 3.34. The van der Waals surface area contributed by atoms with Gasteiger partial charge < -0.3 is 5.32 Å². The number of hydrogen-bond donors (Lipinski definition) is 1. The van der Waals surface area contributed by atoms with Crippen molar-refractivity contribution in [3.8, 4) is 0 Å². The molecule has 0 radical (unpaired) electrons. The molecule has 0 bridgehead atoms. The van der Waals surface area contributed by atoms with E-state index in [1.54, 1.807) is 23.9 Å². The summed E-state index contributed by atoms with van der Waals surface area (Å²) in [5.74, 6) is 1.66. The van der Waals surface area contributed by atoms with Gasteiger partial charge in [-0.15, -0.1) is 10.2 Å². The van der Waals surface area contributed by atoms with E-state index < -0.39 is 0 Å². The molecule has 0 aromatic carbocycles. The Bertz CT molecular complexity index is 590. The number of anilines is 1. The van der Waals surface area contributed by atoms with Crippen LogP contribution in [0.15, 0.2) is 27.0 Å². The Hall–Kier alpha value is -0.830. The van der Waals surface area contributed by atoms with Crippen LogP contribution < -0.4 is 5.32 Å². The summed E-state index contributed by atoms with van der Waals surface area (Å²) in [4.78, 5) is 15.8. The number of aromatic nitrogens is 3. The highest BCUT2D eigenvalue weighted by molar-refractivity contribution is 8.03. The molecule has 0 aliphatic rings. The Morgan fingerprint density at radius 3 is 2.76 bits per heavy atom. The van der Waals surface area contributed by atoms with Crippen LogP contribution in [0.1, 0.15) is 13.3 Å². The highest BCUT2D eigenvalue weighted by atomic mass is 35.5. The minimum Gasteiger partial charge on any atom is -0.310 e. The van der Waals surface area contributed by atoms with E-state index in [4.69, 9.17) is 11.6 Å². The van der Waals surface area contributed by atoms with E-state index in [0.29, 0.717) is 10.8 Å². The summed E-state index contributed by atoms with van der Waals surface area (Å²) in [6.45, 7) is 2.12. The van der Waals surface area contributed by atoms with Gasteiger partial charge in [0.2, 0.25) is 5.91 Å². The van der Waals surface area contributed by atoms with Gasteiger partial charge in [-0.05, 0) is 18.6 Å². The maximum absolute atomic E-state index is 11.8. The Morgan fingerprint density at radius 1 is 1.33 bits per heavy atom. The molecular weight excluding hydrogens is 348 g/mol.